The smallest absolute Gasteiger partial charge is 0.0644 e. The Hall–Kier alpha value is -0.0800. The summed E-state index contributed by atoms with van der Waals surface area (Å²) in [5.74, 6) is 0. The first-order valence-corrected chi connectivity index (χ1v) is 4.48. The van der Waals surface area contributed by atoms with Crippen molar-refractivity contribution in [3.05, 3.63) is 0 Å². The van der Waals surface area contributed by atoms with E-state index in [4.69, 9.17) is 10.5 Å². The van der Waals surface area contributed by atoms with Crippen molar-refractivity contribution in [2.75, 3.05) is 6.61 Å². The zero-order chi connectivity index (χ0) is 8.32. The van der Waals surface area contributed by atoms with E-state index >= 15 is 0 Å². The minimum Gasteiger partial charge on any atom is -0.376 e. The summed E-state index contributed by atoms with van der Waals surface area (Å²) in [7, 11) is 0. The van der Waals surface area contributed by atoms with Crippen LogP contribution in [-0.4, -0.2) is 18.2 Å². The molecule has 0 aromatic rings. The second kappa shape index (κ2) is 3.55. The molecule has 0 amide bonds. The summed E-state index contributed by atoms with van der Waals surface area (Å²) in [5.41, 5.74) is 5.62. The summed E-state index contributed by atoms with van der Waals surface area (Å²) in [5, 5.41) is 0. The summed E-state index contributed by atoms with van der Waals surface area (Å²) in [6.45, 7) is 4.70. The van der Waals surface area contributed by atoms with Gasteiger partial charge in [-0.3, -0.25) is 0 Å². The summed E-state index contributed by atoms with van der Waals surface area (Å²) in [6.07, 6.45) is 5.62. The van der Waals surface area contributed by atoms with Gasteiger partial charge >= 0.3 is 0 Å². The summed E-state index contributed by atoms with van der Waals surface area (Å²) in [6, 6.07) is 0. The van der Waals surface area contributed by atoms with Crippen LogP contribution in [0.4, 0.5) is 0 Å². The Bertz CT molecular complexity index is 111. The van der Waals surface area contributed by atoms with Crippen LogP contribution in [0.1, 0.15) is 39.5 Å². The van der Waals surface area contributed by atoms with E-state index in [9.17, 15) is 0 Å². The van der Waals surface area contributed by atoms with Crippen LogP contribution in [0.5, 0.6) is 0 Å². The van der Waals surface area contributed by atoms with Crippen molar-refractivity contribution in [2.24, 2.45) is 5.73 Å². The predicted octanol–water partition coefficient (Wildman–Crippen LogP) is 1.68. The van der Waals surface area contributed by atoms with Crippen molar-refractivity contribution in [3.63, 3.8) is 0 Å². The summed E-state index contributed by atoms with van der Waals surface area (Å²) < 4.78 is 5.64. The molecule has 2 N–H and O–H groups in total. The molecule has 1 aliphatic carbocycles. The SMILES string of the molecule is CC(C)(N)COC1CCCC1. The molecule has 66 valence electrons. The third-order valence-electron chi connectivity index (χ3n) is 1.99. The number of rotatable bonds is 3. The monoisotopic (exact) mass is 157 g/mol. The highest BCUT2D eigenvalue weighted by Gasteiger charge is 2.18. The van der Waals surface area contributed by atoms with E-state index in [0.717, 1.165) is 0 Å². The average molecular weight is 157 g/mol. The van der Waals surface area contributed by atoms with Crippen molar-refractivity contribution < 1.29 is 4.74 Å². The first kappa shape index (κ1) is 9.01. The van der Waals surface area contributed by atoms with Crippen LogP contribution in [0.25, 0.3) is 0 Å². The molecular weight excluding hydrogens is 138 g/mol. The molecule has 2 heteroatoms. The van der Waals surface area contributed by atoms with Gasteiger partial charge in [0.2, 0.25) is 0 Å². The molecule has 0 saturated heterocycles. The largest absolute Gasteiger partial charge is 0.376 e. The van der Waals surface area contributed by atoms with E-state index in [0.29, 0.717) is 12.7 Å². The highest BCUT2D eigenvalue weighted by Crippen LogP contribution is 2.21. The van der Waals surface area contributed by atoms with Gasteiger partial charge < -0.3 is 10.5 Å². The molecule has 1 aliphatic rings. The summed E-state index contributed by atoms with van der Waals surface area (Å²) >= 11 is 0. The van der Waals surface area contributed by atoms with Gasteiger partial charge in [-0.15, -0.1) is 0 Å². The van der Waals surface area contributed by atoms with Crippen LogP contribution in [0.15, 0.2) is 0 Å². The van der Waals surface area contributed by atoms with Gasteiger partial charge in [-0.05, 0) is 26.7 Å². The van der Waals surface area contributed by atoms with Gasteiger partial charge in [-0.2, -0.15) is 0 Å². The van der Waals surface area contributed by atoms with E-state index in [2.05, 4.69) is 0 Å². The second-order valence-corrected chi connectivity index (χ2v) is 4.21. The lowest BCUT2D eigenvalue weighted by Crippen LogP contribution is -2.38. The van der Waals surface area contributed by atoms with Crippen LogP contribution >= 0.6 is 0 Å². The fourth-order valence-electron chi connectivity index (χ4n) is 1.39. The van der Waals surface area contributed by atoms with E-state index < -0.39 is 0 Å². The quantitative estimate of drug-likeness (QED) is 0.676. The van der Waals surface area contributed by atoms with Gasteiger partial charge in [0.15, 0.2) is 0 Å². The van der Waals surface area contributed by atoms with Crippen molar-refractivity contribution in [1.82, 2.24) is 0 Å². The highest BCUT2D eigenvalue weighted by molar-refractivity contribution is 4.73. The molecule has 0 radical (unpaired) electrons. The molecule has 0 spiro atoms. The minimum atomic E-state index is -0.164. The zero-order valence-corrected chi connectivity index (χ0v) is 7.60. The Balaban J connectivity index is 2.11. The lowest BCUT2D eigenvalue weighted by molar-refractivity contribution is 0.0322. The van der Waals surface area contributed by atoms with E-state index in [1.54, 1.807) is 0 Å². The molecule has 0 heterocycles. The van der Waals surface area contributed by atoms with Crippen LogP contribution in [0.2, 0.25) is 0 Å². The molecule has 1 saturated carbocycles. The maximum Gasteiger partial charge on any atom is 0.0644 e. The molecule has 11 heavy (non-hydrogen) atoms. The van der Waals surface area contributed by atoms with Gasteiger partial charge in [0.05, 0.1) is 12.7 Å². The molecule has 1 rings (SSSR count). The molecular formula is C9H19NO. The maximum atomic E-state index is 5.79. The molecule has 2 nitrogen and oxygen atoms in total. The molecule has 0 aliphatic heterocycles. The van der Waals surface area contributed by atoms with Crippen LogP contribution < -0.4 is 5.73 Å². The molecule has 0 aromatic heterocycles. The Labute approximate surface area is 69.1 Å². The second-order valence-electron chi connectivity index (χ2n) is 4.21. The fraction of sp³-hybridized carbons (Fsp3) is 1.00. The predicted molar refractivity (Wildman–Crippen MR) is 46.5 cm³/mol. The zero-order valence-electron chi connectivity index (χ0n) is 7.60. The minimum absolute atomic E-state index is 0.164. The van der Waals surface area contributed by atoms with Gasteiger partial charge in [-0.1, -0.05) is 12.8 Å². The first-order valence-electron chi connectivity index (χ1n) is 4.48. The lowest BCUT2D eigenvalue weighted by Gasteiger charge is -2.21. The van der Waals surface area contributed by atoms with E-state index in [-0.39, 0.29) is 5.54 Å². The Morgan fingerprint density at radius 2 is 1.91 bits per heavy atom. The first-order chi connectivity index (χ1) is 5.08. The normalized spacial score (nSPS) is 21.0. The molecule has 0 aromatic carbocycles. The van der Waals surface area contributed by atoms with E-state index in [1.807, 2.05) is 13.8 Å². The Morgan fingerprint density at radius 1 is 1.36 bits per heavy atom. The third-order valence-corrected chi connectivity index (χ3v) is 1.99. The van der Waals surface area contributed by atoms with Crippen molar-refractivity contribution >= 4 is 0 Å². The molecule has 1 fully saturated rings. The Morgan fingerprint density at radius 3 is 2.36 bits per heavy atom. The van der Waals surface area contributed by atoms with Crippen molar-refractivity contribution in [3.8, 4) is 0 Å². The van der Waals surface area contributed by atoms with Gasteiger partial charge in [-0.25, -0.2) is 0 Å². The van der Waals surface area contributed by atoms with E-state index in [1.165, 1.54) is 25.7 Å². The molecule has 0 bridgehead atoms. The fourth-order valence-corrected chi connectivity index (χ4v) is 1.39. The highest BCUT2D eigenvalue weighted by atomic mass is 16.5. The van der Waals surface area contributed by atoms with Gasteiger partial charge in [0.1, 0.15) is 0 Å². The van der Waals surface area contributed by atoms with Crippen LogP contribution in [-0.2, 0) is 4.74 Å². The number of hydrogen-bond donors (Lipinski definition) is 1. The van der Waals surface area contributed by atoms with Gasteiger partial charge in [0, 0.05) is 5.54 Å². The third kappa shape index (κ3) is 3.73. The number of nitrogens with two attached hydrogens (primary N) is 1. The maximum absolute atomic E-state index is 5.79. The number of ether oxygens (including phenoxy) is 1. The Kier molecular flexibility index (Phi) is 2.90. The average Bonchev–Trinajstić information content (AvgIpc) is 2.32. The molecule has 0 unspecified atom stereocenters. The van der Waals surface area contributed by atoms with Crippen molar-refractivity contribution in [1.29, 1.82) is 0 Å². The standard InChI is InChI=1S/C9H19NO/c1-9(2,10)7-11-8-5-3-4-6-8/h8H,3-7,10H2,1-2H3. The van der Waals surface area contributed by atoms with Gasteiger partial charge in [0.25, 0.3) is 0 Å². The van der Waals surface area contributed by atoms with Crippen LogP contribution in [0.3, 0.4) is 0 Å². The van der Waals surface area contributed by atoms with Crippen molar-refractivity contribution in [2.45, 2.75) is 51.2 Å². The summed E-state index contributed by atoms with van der Waals surface area (Å²) in [4.78, 5) is 0. The molecule has 0 atom stereocenters. The van der Waals surface area contributed by atoms with Crippen LogP contribution in [0, 0.1) is 0 Å². The topological polar surface area (TPSA) is 35.2 Å². The number of hydrogen-bond acceptors (Lipinski definition) is 2. The lowest BCUT2D eigenvalue weighted by atomic mass is 10.1.